The van der Waals surface area contributed by atoms with E-state index in [-0.39, 0.29) is 22.9 Å². The fourth-order valence-electron chi connectivity index (χ4n) is 4.52. The average molecular weight is 430 g/mol. The van der Waals surface area contributed by atoms with Crippen molar-refractivity contribution >= 4 is 28.8 Å². The number of carbonyl (C=O) groups excluding carboxylic acids is 2. The van der Waals surface area contributed by atoms with E-state index in [1.54, 1.807) is 4.90 Å². The highest BCUT2D eigenvalue weighted by Gasteiger charge is 2.49. The normalized spacial score (nSPS) is 22.0. The van der Waals surface area contributed by atoms with Gasteiger partial charge in [0.2, 0.25) is 0 Å². The lowest BCUT2D eigenvalue weighted by atomic mass is 9.92. The summed E-state index contributed by atoms with van der Waals surface area (Å²) < 4.78 is 19.2. The molecule has 4 rings (SSSR count). The van der Waals surface area contributed by atoms with Crippen LogP contribution in [0.15, 0.2) is 35.2 Å². The molecule has 1 aliphatic heterocycles. The molecule has 0 radical (unpaired) electrons. The second-order valence-electron chi connectivity index (χ2n) is 7.81. The third kappa shape index (κ3) is 3.41. The first-order valence-corrected chi connectivity index (χ1v) is 11.0. The van der Waals surface area contributed by atoms with Crippen molar-refractivity contribution in [3.05, 3.63) is 57.0 Å². The minimum atomic E-state index is -0.734. The van der Waals surface area contributed by atoms with Gasteiger partial charge < -0.3 is 14.7 Å². The van der Waals surface area contributed by atoms with Crippen molar-refractivity contribution in [3.63, 3.8) is 0 Å². The third-order valence-corrected chi connectivity index (χ3v) is 7.09. The molecule has 2 aromatic rings. The SMILES string of the molecule is COc1ccc(F)cc1/C(O)=C1\C(=O)C(=O)N(C2CCCCC2)C1c1sccc1C. The molecule has 1 saturated carbocycles. The number of aliphatic hydroxyl groups excluding tert-OH is 1. The molecule has 5 nitrogen and oxygen atoms in total. The Hall–Kier alpha value is -2.67. The van der Waals surface area contributed by atoms with Crippen LogP contribution in [0.2, 0.25) is 0 Å². The summed E-state index contributed by atoms with van der Waals surface area (Å²) in [6.45, 7) is 1.93. The highest BCUT2D eigenvalue weighted by molar-refractivity contribution is 7.10. The summed E-state index contributed by atoms with van der Waals surface area (Å²) in [5.74, 6) is -2.07. The van der Waals surface area contributed by atoms with Crippen molar-refractivity contribution in [2.24, 2.45) is 0 Å². The largest absolute Gasteiger partial charge is 0.507 e. The van der Waals surface area contributed by atoms with E-state index in [1.807, 2.05) is 18.4 Å². The highest BCUT2D eigenvalue weighted by Crippen LogP contribution is 2.46. The smallest absolute Gasteiger partial charge is 0.295 e. The van der Waals surface area contributed by atoms with Gasteiger partial charge in [0.1, 0.15) is 23.4 Å². The standard InChI is InChI=1S/C23H24FNO4S/c1-13-10-11-30-22(13)19-18(20(26)16-12-14(24)8-9-17(16)29-2)21(27)23(28)25(19)15-6-4-3-5-7-15/h8-12,15,19,26H,3-7H2,1-2H3/b20-18+. The number of methoxy groups -OCH3 is 1. The quantitative estimate of drug-likeness (QED) is 0.424. The topological polar surface area (TPSA) is 66.8 Å². The summed E-state index contributed by atoms with van der Waals surface area (Å²) >= 11 is 1.45. The molecule has 158 valence electrons. The first-order chi connectivity index (χ1) is 14.4. The number of hydrogen-bond donors (Lipinski definition) is 1. The molecule has 2 fully saturated rings. The van der Waals surface area contributed by atoms with Crippen molar-refractivity contribution in [3.8, 4) is 5.75 Å². The Kier molecular flexibility index (Phi) is 5.64. The number of Topliss-reactive ketones (excluding diaryl/α,β-unsaturated/α-hetero) is 1. The molecule has 0 bridgehead atoms. The van der Waals surface area contributed by atoms with Gasteiger partial charge in [-0.2, -0.15) is 0 Å². The molecule has 1 N–H and O–H groups in total. The number of amides is 1. The first kappa shape index (κ1) is 20.6. The van der Waals surface area contributed by atoms with Gasteiger partial charge in [-0.3, -0.25) is 9.59 Å². The molecule has 1 unspecified atom stereocenters. The van der Waals surface area contributed by atoms with Gasteiger partial charge in [0.15, 0.2) is 0 Å². The van der Waals surface area contributed by atoms with Crippen LogP contribution < -0.4 is 4.74 Å². The molecule has 7 heteroatoms. The van der Waals surface area contributed by atoms with E-state index in [0.29, 0.717) is 0 Å². The van der Waals surface area contributed by atoms with Gasteiger partial charge in [0.05, 0.1) is 18.2 Å². The van der Waals surface area contributed by atoms with E-state index in [1.165, 1.54) is 30.6 Å². The Labute approximate surface area is 178 Å². The van der Waals surface area contributed by atoms with Crippen molar-refractivity contribution < 1.29 is 23.8 Å². The Morgan fingerprint density at radius 2 is 1.93 bits per heavy atom. The lowest BCUT2D eigenvalue weighted by Gasteiger charge is -2.35. The number of aliphatic hydroxyl groups is 1. The summed E-state index contributed by atoms with van der Waals surface area (Å²) in [6.07, 6.45) is 4.78. The number of hydrogen-bond acceptors (Lipinski definition) is 5. The number of rotatable bonds is 4. The number of nitrogens with zero attached hydrogens (tertiary/aromatic N) is 1. The van der Waals surface area contributed by atoms with Crippen LogP contribution in [0.1, 0.15) is 54.1 Å². The van der Waals surface area contributed by atoms with Gasteiger partial charge in [-0.05, 0) is 55.0 Å². The predicted octanol–water partition coefficient (Wildman–Crippen LogP) is 4.96. The molecular formula is C23H24FNO4S. The maximum absolute atomic E-state index is 14.0. The number of carbonyl (C=O) groups is 2. The number of aryl methyl sites for hydroxylation is 1. The van der Waals surface area contributed by atoms with Gasteiger partial charge >= 0.3 is 0 Å². The predicted molar refractivity (Wildman–Crippen MR) is 113 cm³/mol. The van der Waals surface area contributed by atoms with Crippen LogP contribution in [0.25, 0.3) is 5.76 Å². The zero-order chi connectivity index (χ0) is 21.4. The summed E-state index contributed by atoms with van der Waals surface area (Å²) in [5, 5.41) is 13.1. The second kappa shape index (κ2) is 8.22. The molecule has 2 aliphatic rings. The monoisotopic (exact) mass is 429 g/mol. The van der Waals surface area contributed by atoms with Crippen molar-refractivity contribution in [1.29, 1.82) is 0 Å². The number of thiophene rings is 1. The molecular weight excluding hydrogens is 405 g/mol. The first-order valence-electron chi connectivity index (χ1n) is 10.1. The van der Waals surface area contributed by atoms with Crippen molar-refractivity contribution in [2.75, 3.05) is 7.11 Å². The minimum Gasteiger partial charge on any atom is -0.507 e. The van der Waals surface area contributed by atoms with Gasteiger partial charge in [-0.1, -0.05) is 19.3 Å². The molecule has 1 atom stereocenters. The summed E-state index contributed by atoms with van der Waals surface area (Å²) in [4.78, 5) is 28.7. The van der Waals surface area contributed by atoms with E-state index < -0.39 is 29.3 Å². The second-order valence-corrected chi connectivity index (χ2v) is 8.76. The van der Waals surface area contributed by atoms with E-state index in [0.717, 1.165) is 48.6 Å². The average Bonchev–Trinajstić information content (AvgIpc) is 3.28. The Morgan fingerprint density at radius 3 is 2.57 bits per heavy atom. The Morgan fingerprint density at radius 1 is 1.20 bits per heavy atom. The van der Waals surface area contributed by atoms with Gasteiger partial charge in [0, 0.05) is 10.9 Å². The fraction of sp³-hybridized carbons (Fsp3) is 0.391. The number of likely N-dealkylation sites (tertiary alicyclic amines) is 1. The van der Waals surface area contributed by atoms with Crippen LogP contribution in [-0.2, 0) is 9.59 Å². The zero-order valence-electron chi connectivity index (χ0n) is 17.0. The summed E-state index contributed by atoms with van der Waals surface area (Å²) in [5.41, 5.74) is 1.02. The van der Waals surface area contributed by atoms with Crippen LogP contribution >= 0.6 is 11.3 Å². The van der Waals surface area contributed by atoms with Gasteiger partial charge in [-0.15, -0.1) is 11.3 Å². The van der Waals surface area contributed by atoms with E-state index >= 15 is 0 Å². The fourth-order valence-corrected chi connectivity index (χ4v) is 5.55. The lowest BCUT2D eigenvalue weighted by molar-refractivity contribution is -0.141. The van der Waals surface area contributed by atoms with Gasteiger partial charge in [-0.25, -0.2) is 4.39 Å². The van der Waals surface area contributed by atoms with Gasteiger partial charge in [0.25, 0.3) is 11.7 Å². The zero-order valence-corrected chi connectivity index (χ0v) is 17.8. The highest BCUT2D eigenvalue weighted by atomic mass is 32.1. The number of benzene rings is 1. The van der Waals surface area contributed by atoms with Crippen LogP contribution in [0.3, 0.4) is 0 Å². The maximum atomic E-state index is 14.0. The number of ether oxygens (including phenoxy) is 1. The molecule has 1 saturated heterocycles. The number of halogens is 1. The minimum absolute atomic E-state index is 0.0000217. The van der Waals surface area contributed by atoms with Crippen LogP contribution in [0, 0.1) is 12.7 Å². The summed E-state index contributed by atoms with van der Waals surface area (Å²) in [6, 6.07) is 4.94. The van der Waals surface area contributed by atoms with E-state index in [4.69, 9.17) is 4.74 Å². The summed E-state index contributed by atoms with van der Waals surface area (Å²) in [7, 11) is 1.41. The Bertz CT molecular complexity index is 1020. The molecule has 1 amide bonds. The maximum Gasteiger partial charge on any atom is 0.295 e. The van der Waals surface area contributed by atoms with Crippen LogP contribution in [0.5, 0.6) is 5.75 Å². The van der Waals surface area contributed by atoms with Crippen LogP contribution in [-0.4, -0.2) is 34.8 Å². The van der Waals surface area contributed by atoms with E-state index in [9.17, 15) is 19.1 Å². The molecule has 1 aromatic carbocycles. The van der Waals surface area contributed by atoms with E-state index in [2.05, 4.69) is 0 Å². The number of ketones is 1. The molecule has 2 heterocycles. The van der Waals surface area contributed by atoms with Crippen LogP contribution in [0.4, 0.5) is 4.39 Å². The lowest BCUT2D eigenvalue weighted by Crippen LogP contribution is -2.40. The third-order valence-electron chi connectivity index (χ3n) is 6.01. The molecule has 1 aliphatic carbocycles. The van der Waals surface area contributed by atoms with Crippen molar-refractivity contribution in [2.45, 2.75) is 51.1 Å². The molecule has 30 heavy (non-hydrogen) atoms. The Balaban J connectivity index is 1.92. The van der Waals surface area contributed by atoms with Crippen molar-refractivity contribution in [1.82, 2.24) is 4.90 Å². The molecule has 1 aromatic heterocycles. The molecule has 0 spiro atoms.